The molecule has 0 bridgehead atoms. The fraction of sp³-hybridized carbons (Fsp3) is 0.0741. The number of anilines is 2. The lowest BCUT2D eigenvalue weighted by Gasteiger charge is -2.14. The van der Waals surface area contributed by atoms with Gasteiger partial charge in [0.05, 0.1) is 17.8 Å². The number of amides is 1. The highest BCUT2D eigenvalue weighted by molar-refractivity contribution is 6.31. The van der Waals surface area contributed by atoms with Gasteiger partial charge in [0.1, 0.15) is 30.5 Å². The third kappa shape index (κ3) is 6.30. The van der Waals surface area contributed by atoms with E-state index in [0.717, 1.165) is 5.56 Å². The summed E-state index contributed by atoms with van der Waals surface area (Å²) in [5, 5.41) is 23.3. The number of benzene rings is 3. The molecule has 2 N–H and O–H groups in total. The Labute approximate surface area is 212 Å². The van der Waals surface area contributed by atoms with Gasteiger partial charge in [-0.15, -0.1) is 0 Å². The van der Waals surface area contributed by atoms with Crippen LogP contribution in [0.1, 0.15) is 27.0 Å². The number of nitrogens with one attached hydrogen (secondary N) is 2. The van der Waals surface area contributed by atoms with E-state index in [9.17, 15) is 15.3 Å². The molecule has 4 rings (SSSR count). The smallest absolute Gasteiger partial charge is 0.257 e. The van der Waals surface area contributed by atoms with Crippen molar-refractivity contribution in [3.8, 4) is 17.6 Å². The molecule has 1 amide bonds. The molecule has 0 unspecified atom stereocenters. The van der Waals surface area contributed by atoms with Crippen molar-refractivity contribution in [2.75, 3.05) is 10.8 Å². The second-order valence-corrected chi connectivity index (χ2v) is 8.03. The Morgan fingerprint density at radius 3 is 2.25 bits per heavy atom. The molecule has 36 heavy (non-hydrogen) atoms. The van der Waals surface area contributed by atoms with E-state index in [1.54, 1.807) is 47.9 Å². The van der Waals surface area contributed by atoms with Crippen LogP contribution in [0.25, 0.3) is 0 Å². The minimum absolute atomic E-state index is 0.129. The highest BCUT2D eigenvalue weighted by Crippen LogP contribution is 2.27. The van der Waals surface area contributed by atoms with Crippen molar-refractivity contribution < 1.29 is 14.3 Å². The van der Waals surface area contributed by atoms with E-state index in [2.05, 4.69) is 16.4 Å². The third-order valence-corrected chi connectivity index (χ3v) is 5.52. The van der Waals surface area contributed by atoms with Crippen molar-refractivity contribution >= 4 is 29.0 Å². The molecule has 8 nitrogen and oxygen atoms in total. The maximum absolute atomic E-state index is 13.0. The monoisotopic (exact) mass is 499 g/mol. The van der Waals surface area contributed by atoms with E-state index in [4.69, 9.17) is 21.1 Å². The van der Waals surface area contributed by atoms with Crippen LogP contribution in [-0.2, 0) is 13.2 Å². The number of nitrogens with zero attached hydrogens (tertiary/aromatic N) is 2. The molecule has 0 saturated carbocycles. The molecular weight excluding hydrogens is 480 g/mol. The van der Waals surface area contributed by atoms with Crippen molar-refractivity contribution in [2.45, 2.75) is 13.2 Å². The summed E-state index contributed by atoms with van der Waals surface area (Å²) in [4.78, 5) is 17.0. The van der Waals surface area contributed by atoms with Gasteiger partial charge in [0.2, 0.25) is 0 Å². The quantitative estimate of drug-likeness (QED) is 0.274. The normalized spacial score (nSPS) is 10.2. The Kier molecular flexibility index (Phi) is 7.98. The van der Waals surface area contributed by atoms with Gasteiger partial charge in [-0.2, -0.15) is 5.26 Å². The molecule has 0 spiro atoms. The molecule has 0 aliphatic rings. The van der Waals surface area contributed by atoms with Gasteiger partial charge in [-0.05, 0) is 36.4 Å². The molecule has 1 heterocycles. The average molecular weight is 500 g/mol. The summed E-state index contributed by atoms with van der Waals surface area (Å²) in [5.74, 6) is 0.594. The minimum Gasteiger partial charge on any atom is -0.761 e. The van der Waals surface area contributed by atoms with Gasteiger partial charge in [-0.25, -0.2) is 4.98 Å². The van der Waals surface area contributed by atoms with Crippen LogP contribution >= 0.6 is 11.6 Å². The summed E-state index contributed by atoms with van der Waals surface area (Å²) < 4.78 is 11.9. The lowest BCUT2D eigenvalue weighted by atomic mass is 10.1. The number of nitriles is 1. The number of aromatic nitrogens is 1. The standard InChI is InChI=1S/C27H20ClN4O4/c28-25-8-4-3-7-20(25)17-36-24-12-21(27(33)31-26-10-9-22(32-34)15-30-26)11-23(13-24)35-16-19-6-2-1-5-18(19)14-29/h1-13,15,32H,16-17H2,(H,30,31,33)/q-1. The first-order valence-corrected chi connectivity index (χ1v) is 11.2. The van der Waals surface area contributed by atoms with Crippen molar-refractivity contribution in [1.29, 1.82) is 5.26 Å². The number of rotatable bonds is 9. The van der Waals surface area contributed by atoms with Crippen LogP contribution in [0, 0.1) is 16.5 Å². The zero-order chi connectivity index (χ0) is 25.3. The Morgan fingerprint density at radius 2 is 1.61 bits per heavy atom. The maximum Gasteiger partial charge on any atom is 0.257 e. The summed E-state index contributed by atoms with van der Waals surface area (Å²) in [6.07, 6.45) is 1.31. The SMILES string of the molecule is N#Cc1ccccc1COc1cc(OCc2ccccc2Cl)cc(C(=O)Nc2ccc(N[O-])cn2)c1. The molecule has 0 aliphatic carbocycles. The molecule has 1 aromatic heterocycles. The van der Waals surface area contributed by atoms with Gasteiger partial charge in [0.15, 0.2) is 0 Å². The minimum atomic E-state index is -0.448. The van der Waals surface area contributed by atoms with E-state index >= 15 is 0 Å². The molecule has 9 heteroatoms. The van der Waals surface area contributed by atoms with Gasteiger partial charge in [-0.1, -0.05) is 48.0 Å². The van der Waals surface area contributed by atoms with E-state index in [-0.39, 0.29) is 30.3 Å². The van der Waals surface area contributed by atoms with E-state index in [1.807, 2.05) is 24.3 Å². The first-order valence-electron chi connectivity index (χ1n) is 10.8. The van der Waals surface area contributed by atoms with Crippen molar-refractivity contribution in [3.05, 3.63) is 118 Å². The van der Waals surface area contributed by atoms with Crippen molar-refractivity contribution in [2.24, 2.45) is 0 Å². The van der Waals surface area contributed by atoms with Crippen LogP contribution in [-0.4, -0.2) is 10.9 Å². The predicted molar refractivity (Wildman–Crippen MR) is 137 cm³/mol. The lowest BCUT2D eigenvalue weighted by Crippen LogP contribution is -2.13. The first kappa shape index (κ1) is 24.5. The molecule has 0 fully saturated rings. The van der Waals surface area contributed by atoms with Crippen LogP contribution in [0.15, 0.2) is 85.1 Å². The van der Waals surface area contributed by atoms with Crippen molar-refractivity contribution in [3.63, 3.8) is 0 Å². The highest BCUT2D eigenvalue weighted by Gasteiger charge is 2.13. The zero-order valence-electron chi connectivity index (χ0n) is 18.9. The summed E-state index contributed by atoms with van der Waals surface area (Å²) >= 11 is 6.24. The number of halogens is 1. The van der Waals surface area contributed by atoms with E-state index in [0.29, 0.717) is 27.6 Å². The summed E-state index contributed by atoms with van der Waals surface area (Å²) in [6, 6.07) is 24.4. The van der Waals surface area contributed by atoms with Crippen LogP contribution in [0.3, 0.4) is 0 Å². The Bertz CT molecular complexity index is 1400. The largest absolute Gasteiger partial charge is 0.761 e. The van der Waals surface area contributed by atoms with Gasteiger partial charge in [0.25, 0.3) is 5.91 Å². The number of hydrogen-bond acceptors (Lipinski definition) is 7. The molecule has 0 saturated heterocycles. The third-order valence-electron chi connectivity index (χ3n) is 5.15. The Morgan fingerprint density at radius 1 is 0.944 bits per heavy atom. The van der Waals surface area contributed by atoms with Gasteiger partial charge < -0.3 is 25.5 Å². The average Bonchev–Trinajstić information content (AvgIpc) is 2.92. The van der Waals surface area contributed by atoms with E-state index < -0.39 is 5.91 Å². The first-order chi connectivity index (χ1) is 17.6. The van der Waals surface area contributed by atoms with Crippen LogP contribution in [0.4, 0.5) is 11.5 Å². The van der Waals surface area contributed by atoms with Gasteiger partial charge >= 0.3 is 0 Å². The second-order valence-electron chi connectivity index (χ2n) is 7.62. The molecule has 0 radical (unpaired) electrons. The van der Waals surface area contributed by atoms with Crippen molar-refractivity contribution in [1.82, 2.24) is 4.98 Å². The lowest BCUT2D eigenvalue weighted by molar-refractivity contribution is 0.102. The van der Waals surface area contributed by atoms with Gasteiger partial charge in [0, 0.05) is 33.5 Å². The second kappa shape index (κ2) is 11.7. The van der Waals surface area contributed by atoms with Crippen LogP contribution in [0.5, 0.6) is 11.5 Å². The number of pyridine rings is 1. The molecule has 0 atom stereocenters. The summed E-state index contributed by atoms with van der Waals surface area (Å²) in [7, 11) is 0. The Hall–Kier alpha value is -4.58. The number of hydrogen-bond donors (Lipinski definition) is 2. The highest BCUT2D eigenvalue weighted by atomic mass is 35.5. The number of ether oxygens (including phenoxy) is 2. The number of carbonyl (C=O) groups excluding carboxylic acids is 1. The molecule has 180 valence electrons. The zero-order valence-corrected chi connectivity index (χ0v) is 19.7. The fourth-order valence-corrected chi connectivity index (χ4v) is 3.47. The van der Waals surface area contributed by atoms with Crippen LogP contribution in [0.2, 0.25) is 5.02 Å². The van der Waals surface area contributed by atoms with E-state index in [1.165, 1.54) is 18.3 Å². The topological polar surface area (TPSA) is 119 Å². The molecule has 3 aromatic carbocycles. The molecular formula is C27H20ClN4O4-. The fourth-order valence-electron chi connectivity index (χ4n) is 3.28. The predicted octanol–water partition coefficient (Wildman–Crippen LogP) is 5.93. The Balaban J connectivity index is 1.57. The summed E-state index contributed by atoms with van der Waals surface area (Å²) in [6.45, 7) is 0.316. The van der Waals surface area contributed by atoms with Gasteiger partial charge in [-0.3, -0.25) is 4.79 Å². The number of carbonyl (C=O) groups is 1. The molecule has 0 aliphatic heterocycles. The molecule has 4 aromatic rings. The maximum atomic E-state index is 13.0. The summed E-state index contributed by atoms with van der Waals surface area (Å²) in [5.41, 5.74) is 4.28. The van der Waals surface area contributed by atoms with Crippen LogP contribution < -0.4 is 20.3 Å².